The summed E-state index contributed by atoms with van der Waals surface area (Å²) in [6, 6.07) is 8.14. The van der Waals surface area contributed by atoms with E-state index in [9.17, 15) is 9.90 Å². The van der Waals surface area contributed by atoms with Crippen LogP contribution < -0.4 is 4.74 Å². The van der Waals surface area contributed by atoms with Crippen molar-refractivity contribution in [3.05, 3.63) is 54.1 Å². The van der Waals surface area contributed by atoms with E-state index < -0.39 is 5.97 Å². The van der Waals surface area contributed by atoms with Crippen molar-refractivity contribution < 1.29 is 14.6 Å². The van der Waals surface area contributed by atoms with Gasteiger partial charge < -0.3 is 9.84 Å². The predicted octanol–water partition coefficient (Wildman–Crippen LogP) is 7.68. The van der Waals surface area contributed by atoms with Crippen LogP contribution in [-0.2, 0) is 4.79 Å². The minimum Gasteiger partial charge on any atom is -0.494 e. The summed E-state index contributed by atoms with van der Waals surface area (Å²) in [7, 11) is 0. The highest BCUT2D eigenvalue weighted by Gasteiger charge is 2.30. The molecule has 3 heteroatoms. The molecule has 0 saturated heterocycles. The summed E-state index contributed by atoms with van der Waals surface area (Å²) in [4.78, 5) is 11.4. The molecule has 0 heterocycles. The molecule has 1 saturated carbocycles. The van der Waals surface area contributed by atoms with Gasteiger partial charge in [-0.1, -0.05) is 75.5 Å². The first-order valence-electron chi connectivity index (χ1n) is 12.4. The molecule has 1 aromatic carbocycles. The number of ether oxygens (including phenoxy) is 1. The molecule has 0 bridgehead atoms. The van der Waals surface area contributed by atoms with Crippen molar-refractivity contribution in [1.29, 1.82) is 0 Å². The number of hydrogen-bond acceptors (Lipinski definition) is 2. The minimum atomic E-state index is -0.743. The van der Waals surface area contributed by atoms with Crippen LogP contribution in [0.1, 0.15) is 95.5 Å². The van der Waals surface area contributed by atoms with Gasteiger partial charge in [-0.2, -0.15) is 0 Å². The van der Waals surface area contributed by atoms with Crippen LogP contribution in [0.2, 0.25) is 0 Å². The van der Waals surface area contributed by atoms with Gasteiger partial charge >= 0.3 is 5.97 Å². The average Bonchev–Trinajstić information content (AvgIpc) is 2.81. The highest BCUT2D eigenvalue weighted by atomic mass is 16.5. The van der Waals surface area contributed by atoms with E-state index in [0.717, 1.165) is 30.8 Å². The van der Waals surface area contributed by atoms with Crippen LogP contribution in [0.5, 0.6) is 5.75 Å². The van der Waals surface area contributed by atoms with E-state index >= 15 is 0 Å². The molecule has 170 valence electrons. The molecule has 0 amide bonds. The zero-order valence-corrected chi connectivity index (χ0v) is 19.2. The lowest BCUT2D eigenvalue weighted by atomic mass is 9.68. The molecule has 2 unspecified atom stereocenters. The Labute approximate surface area is 188 Å². The van der Waals surface area contributed by atoms with E-state index in [1.54, 1.807) is 0 Å². The van der Waals surface area contributed by atoms with E-state index in [-0.39, 0.29) is 18.3 Å². The fourth-order valence-corrected chi connectivity index (χ4v) is 5.53. The van der Waals surface area contributed by atoms with Crippen molar-refractivity contribution >= 4 is 5.97 Å². The summed E-state index contributed by atoms with van der Waals surface area (Å²) in [5.74, 6) is 0.385. The van der Waals surface area contributed by atoms with Gasteiger partial charge in [0.2, 0.25) is 0 Å². The van der Waals surface area contributed by atoms with Crippen molar-refractivity contribution in [1.82, 2.24) is 0 Å². The standard InChI is InChI=1S/C28H40O3/c1-2-3-17-28(18-8-5-9-19-28)20-10-21-31-25-15-13-24(14-16-25)26(22-27(29)30)23-11-6-4-7-12-23/h4,6-7,11,13-16,23,26H,2-3,5,8-10,12,17-22H2,1H3,(H,29,30). The third-order valence-corrected chi connectivity index (χ3v) is 7.33. The van der Waals surface area contributed by atoms with Crippen LogP contribution in [0.25, 0.3) is 0 Å². The third-order valence-electron chi connectivity index (χ3n) is 7.33. The highest BCUT2D eigenvalue weighted by molar-refractivity contribution is 5.68. The Morgan fingerprint density at radius 2 is 1.84 bits per heavy atom. The smallest absolute Gasteiger partial charge is 0.303 e. The van der Waals surface area contributed by atoms with Crippen molar-refractivity contribution in [2.75, 3.05) is 6.61 Å². The van der Waals surface area contributed by atoms with Crippen LogP contribution in [0.3, 0.4) is 0 Å². The van der Waals surface area contributed by atoms with Crippen molar-refractivity contribution in [2.45, 2.75) is 89.9 Å². The van der Waals surface area contributed by atoms with Crippen molar-refractivity contribution in [3.63, 3.8) is 0 Å². The average molecular weight is 425 g/mol. The van der Waals surface area contributed by atoms with Gasteiger partial charge in [-0.25, -0.2) is 0 Å². The van der Waals surface area contributed by atoms with Crippen LogP contribution in [-0.4, -0.2) is 17.7 Å². The molecule has 0 spiro atoms. The lowest BCUT2D eigenvalue weighted by Gasteiger charge is -2.37. The summed E-state index contributed by atoms with van der Waals surface area (Å²) in [5, 5.41) is 9.39. The number of carboxylic acid groups (broad SMARTS) is 1. The predicted molar refractivity (Wildman–Crippen MR) is 128 cm³/mol. The molecule has 2 atom stereocenters. The Balaban J connectivity index is 1.51. The van der Waals surface area contributed by atoms with Gasteiger partial charge in [0.25, 0.3) is 0 Å². The first-order valence-corrected chi connectivity index (χ1v) is 12.4. The second-order valence-corrected chi connectivity index (χ2v) is 9.60. The minimum absolute atomic E-state index is 0.00234. The van der Waals surface area contributed by atoms with Crippen molar-refractivity contribution in [2.24, 2.45) is 11.3 Å². The topological polar surface area (TPSA) is 46.5 Å². The summed E-state index contributed by atoms with van der Waals surface area (Å²) in [6.45, 7) is 3.06. The molecule has 3 nitrogen and oxygen atoms in total. The third kappa shape index (κ3) is 7.26. The Hall–Kier alpha value is -2.03. The Morgan fingerprint density at radius 1 is 1.10 bits per heavy atom. The van der Waals surface area contributed by atoms with Gasteiger partial charge in [0.15, 0.2) is 0 Å². The monoisotopic (exact) mass is 424 g/mol. The molecule has 0 aromatic heterocycles. The number of unbranched alkanes of at least 4 members (excludes halogenated alkanes) is 1. The maximum absolute atomic E-state index is 11.4. The van der Waals surface area contributed by atoms with Gasteiger partial charge in [0.05, 0.1) is 13.0 Å². The highest BCUT2D eigenvalue weighted by Crippen LogP contribution is 2.44. The molecular weight excluding hydrogens is 384 g/mol. The van der Waals surface area contributed by atoms with Crippen molar-refractivity contribution in [3.8, 4) is 5.75 Å². The van der Waals surface area contributed by atoms with E-state index in [1.807, 2.05) is 24.3 Å². The van der Waals surface area contributed by atoms with Gasteiger partial charge in [-0.3, -0.25) is 4.79 Å². The number of hydrogen-bond donors (Lipinski definition) is 1. The summed E-state index contributed by atoms with van der Waals surface area (Å²) in [5.41, 5.74) is 1.65. The molecule has 2 aliphatic carbocycles. The lowest BCUT2D eigenvalue weighted by Crippen LogP contribution is -2.24. The maximum atomic E-state index is 11.4. The van der Waals surface area contributed by atoms with E-state index in [1.165, 1.54) is 57.8 Å². The van der Waals surface area contributed by atoms with Crippen LogP contribution in [0.15, 0.2) is 48.6 Å². The number of aliphatic carboxylic acids is 1. The summed E-state index contributed by atoms with van der Waals surface area (Å²) < 4.78 is 6.07. The first kappa shape index (κ1) is 23.6. The molecule has 1 fully saturated rings. The van der Waals surface area contributed by atoms with E-state index in [0.29, 0.717) is 5.41 Å². The van der Waals surface area contributed by atoms with Gasteiger partial charge in [0.1, 0.15) is 5.75 Å². The normalized spacial score (nSPS) is 21.0. The Bertz CT molecular complexity index is 725. The lowest BCUT2D eigenvalue weighted by molar-refractivity contribution is -0.137. The molecule has 0 radical (unpaired) electrons. The largest absolute Gasteiger partial charge is 0.494 e. The summed E-state index contributed by atoms with van der Waals surface area (Å²) >= 11 is 0. The van der Waals surface area contributed by atoms with Crippen LogP contribution in [0, 0.1) is 11.3 Å². The summed E-state index contributed by atoms with van der Waals surface area (Å²) in [6.07, 6.45) is 22.8. The fraction of sp³-hybridized carbons (Fsp3) is 0.607. The second kappa shape index (κ2) is 12.1. The molecule has 0 aliphatic heterocycles. The van der Waals surface area contributed by atoms with Crippen LogP contribution >= 0.6 is 0 Å². The number of carboxylic acids is 1. The Morgan fingerprint density at radius 3 is 2.48 bits per heavy atom. The first-order chi connectivity index (χ1) is 15.1. The number of rotatable bonds is 12. The number of benzene rings is 1. The SMILES string of the molecule is CCCCC1(CCCOc2ccc(C(CC(=O)O)C3C=CC=CC3)cc2)CCCCC1. The van der Waals surface area contributed by atoms with Gasteiger partial charge in [-0.05, 0) is 67.6 Å². The fourth-order valence-electron chi connectivity index (χ4n) is 5.53. The molecule has 2 aliphatic rings. The molecule has 3 rings (SSSR count). The second-order valence-electron chi connectivity index (χ2n) is 9.60. The number of carbonyl (C=O) groups is 1. The zero-order chi connectivity index (χ0) is 21.9. The molecule has 31 heavy (non-hydrogen) atoms. The van der Waals surface area contributed by atoms with Gasteiger partial charge in [0, 0.05) is 5.92 Å². The van der Waals surface area contributed by atoms with E-state index in [4.69, 9.17) is 4.74 Å². The molecule has 1 N–H and O–H groups in total. The molecular formula is C28H40O3. The van der Waals surface area contributed by atoms with Crippen LogP contribution in [0.4, 0.5) is 0 Å². The molecule has 1 aromatic rings. The Kier molecular flexibility index (Phi) is 9.24. The zero-order valence-electron chi connectivity index (χ0n) is 19.2. The quantitative estimate of drug-likeness (QED) is 0.350. The van der Waals surface area contributed by atoms with Gasteiger partial charge in [-0.15, -0.1) is 0 Å². The van der Waals surface area contributed by atoms with E-state index in [2.05, 4.69) is 31.2 Å². The maximum Gasteiger partial charge on any atom is 0.303 e. The number of allylic oxidation sites excluding steroid dienone is 4.